The molecule has 0 aliphatic heterocycles. The third-order valence-electron chi connectivity index (χ3n) is 9.72. The van der Waals surface area contributed by atoms with Gasteiger partial charge in [0.2, 0.25) is 0 Å². The van der Waals surface area contributed by atoms with Crippen LogP contribution in [-0.4, -0.2) is 15.0 Å². The second-order valence-corrected chi connectivity index (χ2v) is 12.3. The quantitative estimate of drug-likeness (QED) is 0.240. The van der Waals surface area contributed by atoms with E-state index in [9.17, 15) is 5.26 Å². The van der Waals surface area contributed by atoms with E-state index in [1.54, 1.807) is 0 Å². The zero-order valence-electron chi connectivity index (χ0n) is 22.4. The highest BCUT2D eigenvalue weighted by atomic mass is 15.0. The minimum Gasteiger partial charge on any atom is -0.208 e. The standard InChI is InChI=1S/C36H30N4/c37-22-30-8-4-7-28-18-29(11-14-32(28)30)35-39-33(26-5-2-1-3-6-26)38-34(40-35)27-9-12-31(13-10-27)36-19-23-15-24(20-36)17-25(16-23)21-36/h1-14,18,23-25H,15-17,19-21H2/t23-,24-,25-,36?. The topological polar surface area (TPSA) is 62.5 Å². The van der Waals surface area contributed by atoms with Crippen molar-refractivity contribution >= 4 is 10.8 Å². The van der Waals surface area contributed by atoms with Gasteiger partial charge in [0, 0.05) is 16.7 Å². The van der Waals surface area contributed by atoms with Gasteiger partial charge in [0.05, 0.1) is 11.6 Å². The summed E-state index contributed by atoms with van der Waals surface area (Å²) >= 11 is 0. The van der Waals surface area contributed by atoms with Crippen LogP contribution in [0.2, 0.25) is 0 Å². The first-order chi connectivity index (χ1) is 19.7. The van der Waals surface area contributed by atoms with Crippen molar-refractivity contribution in [1.29, 1.82) is 5.26 Å². The third kappa shape index (κ3) is 3.92. The van der Waals surface area contributed by atoms with Gasteiger partial charge < -0.3 is 0 Å². The first-order valence-corrected chi connectivity index (χ1v) is 14.5. The molecular formula is C36H30N4. The largest absolute Gasteiger partial charge is 0.208 e. The molecule has 0 radical (unpaired) electrons. The lowest BCUT2D eigenvalue weighted by molar-refractivity contribution is -0.00518. The summed E-state index contributed by atoms with van der Waals surface area (Å²) in [5, 5.41) is 11.5. The minimum absolute atomic E-state index is 0.375. The molecule has 4 saturated carbocycles. The van der Waals surface area contributed by atoms with Crippen LogP contribution in [0.1, 0.15) is 49.7 Å². The van der Waals surface area contributed by atoms with Gasteiger partial charge in [-0.15, -0.1) is 0 Å². The summed E-state index contributed by atoms with van der Waals surface area (Å²) in [5.41, 5.74) is 5.45. The molecule has 9 rings (SSSR count). The molecule has 4 fully saturated rings. The average molecular weight is 519 g/mol. The van der Waals surface area contributed by atoms with Gasteiger partial charge in [0.15, 0.2) is 17.5 Å². The number of aromatic nitrogens is 3. The van der Waals surface area contributed by atoms with Gasteiger partial charge in [0.1, 0.15) is 0 Å². The molecule has 0 amide bonds. The molecule has 4 bridgehead atoms. The highest BCUT2D eigenvalue weighted by Gasteiger charge is 2.51. The molecule has 194 valence electrons. The van der Waals surface area contributed by atoms with Crippen molar-refractivity contribution in [2.75, 3.05) is 0 Å². The van der Waals surface area contributed by atoms with Crippen molar-refractivity contribution in [1.82, 2.24) is 15.0 Å². The number of hydrogen-bond donors (Lipinski definition) is 0. The van der Waals surface area contributed by atoms with E-state index in [0.717, 1.165) is 45.2 Å². The van der Waals surface area contributed by atoms with Crippen LogP contribution in [-0.2, 0) is 5.41 Å². The predicted molar refractivity (Wildman–Crippen MR) is 158 cm³/mol. The molecule has 0 N–H and O–H groups in total. The SMILES string of the molecule is N#Cc1cccc2cc(-c3nc(-c4ccccc4)nc(-c4ccc(C56C[C@H]7C[C@H](C5)C[C@@H](C6)C7)cc4)n3)ccc12. The van der Waals surface area contributed by atoms with Gasteiger partial charge >= 0.3 is 0 Å². The molecule has 1 aromatic heterocycles. The van der Waals surface area contributed by atoms with E-state index in [4.69, 9.17) is 15.0 Å². The first-order valence-electron chi connectivity index (χ1n) is 14.5. The van der Waals surface area contributed by atoms with Crippen LogP contribution < -0.4 is 0 Å². The molecule has 0 saturated heterocycles. The summed E-state index contributed by atoms with van der Waals surface area (Å²) in [6.45, 7) is 0. The van der Waals surface area contributed by atoms with Gasteiger partial charge in [-0.1, -0.05) is 78.9 Å². The van der Waals surface area contributed by atoms with Crippen molar-refractivity contribution < 1.29 is 0 Å². The van der Waals surface area contributed by atoms with Crippen molar-refractivity contribution in [3.63, 3.8) is 0 Å². The van der Waals surface area contributed by atoms with Crippen LogP contribution in [0.5, 0.6) is 0 Å². The Morgan fingerprint density at radius 2 is 1.18 bits per heavy atom. The van der Waals surface area contributed by atoms with E-state index < -0.39 is 0 Å². The Kier molecular flexibility index (Phi) is 5.35. The summed E-state index contributed by atoms with van der Waals surface area (Å²) in [7, 11) is 0. The Bertz CT molecular complexity index is 1750. The van der Waals surface area contributed by atoms with Crippen LogP contribution in [0.4, 0.5) is 0 Å². The first kappa shape index (κ1) is 23.5. The monoisotopic (exact) mass is 518 g/mol. The molecule has 1 heterocycles. The molecule has 5 aromatic rings. The zero-order valence-corrected chi connectivity index (χ0v) is 22.4. The van der Waals surface area contributed by atoms with Crippen LogP contribution in [0.25, 0.3) is 44.9 Å². The lowest BCUT2D eigenvalue weighted by atomic mass is 9.48. The number of benzene rings is 4. The molecule has 40 heavy (non-hydrogen) atoms. The maximum atomic E-state index is 9.53. The van der Waals surface area contributed by atoms with Gasteiger partial charge in [0.25, 0.3) is 0 Å². The van der Waals surface area contributed by atoms with E-state index in [-0.39, 0.29) is 0 Å². The summed E-state index contributed by atoms with van der Waals surface area (Å²) in [5.74, 6) is 4.77. The van der Waals surface area contributed by atoms with Gasteiger partial charge in [-0.2, -0.15) is 5.26 Å². The molecule has 4 aliphatic carbocycles. The number of hydrogen-bond acceptors (Lipinski definition) is 4. The Labute approximate surface area is 234 Å². The molecule has 4 aliphatic rings. The second-order valence-electron chi connectivity index (χ2n) is 12.3. The lowest BCUT2D eigenvalue weighted by Crippen LogP contribution is -2.48. The van der Waals surface area contributed by atoms with Crippen LogP contribution >= 0.6 is 0 Å². The Balaban J connectivity index is 1.21. The maximum Gasteiger partial charge on any atom is 0.164 e. The number of rotatable bonds is 4. The van der Waals surface area contributed by atoms with Gasteiger partial charge in [-0.3, -0.25) is 0 Å². The van der Waals surface area contributed by atoms with Crippen LogP contribution in [0.3, 0.4) is 0 Å². The highest BCUT2D eigenvalue weighted by molar-refractivity contribution is 5.91. The van der Waals surface area contributed by atoms with Crippen molar-refractivity contribution in [2.45, 2.75) is 43.9 Å². The zero-order chi connectivity index (χ0) is 26.7. The summed E-state index contributed by atoms with van der Waals surface area (Å²) in [6.07, 6.45) is 8.46. The van der Waals surface area contributed by atoms with Gasteiger partial charge in [-0.25, -0.2) is 15.0 Å². The number of fused-ring (bicyclic) bond motifs is 1. The van der Waals surface area contributed by atoms with E-state index in [1.165, 1.54) is 44.1 Å². The Morgan fingerprint density at radius 3 is 1.80 bits per heavy atom. The number of nitrogens with zero attached hydrogens (tertiary/aromatic N) is 4. The summed E-state index contributed by atoms with van der Waals surface area (Å²) in [4.78, 5) is 14.8. The summed E-state index contributed by atoms with van der Waals surface area (Å²) < 4.78 is 0. The second kappa shape index (κ2) is 9.10. The molecular weight excluding hydrogens is 488 g/mol. The third-order valence-corrected chi connectivity index (χ3v) is 9.72. The van der Waals surface area contributed by atoms with Crippen LogP contribution in [0.15, 0.2) is 91.0 Å². The highest BCUT2D eigenvalue weighted by Crippen LogP contribution is 2.60. The van der Waals surface area contributed by atoms with Crippen molar-refractivity contribution in [3.05, 3.63) is 102 Å². The lowest BCUT2D eigenvalue weighted by Gasteiger charge is -2.57. The molecule has 4 heteroatoms. The molecule has 0 atom stereocenters. The fourth-order valence-corrected chi connectivity index (χ4v) is 8.31. The number of nitriles is 1. The molecule has 0 spiro atoms. The Morgan fingerprint density at radius 1 is 0.600 bits per heavy atom. The normalized spacial score (nSPS) is 24.7. The molecule has 4 aromatic carbocycles. The van der Waals surface area contributed by atoms with Crippen molar-refractivity contribution in [2.24, 2.45) is 17.8 Å². The maximum absolute atomic E-state index is 9.53. The van der Waals surface area contributed by atoms with E-state index >= 15 is 0 Å². The van der Waals surface area contributed by atoms with Gasteiger partial charge in [-0.05, 0) is 90.2 Å². The van der Waals surface area contributed by atoms with E-state index in [1.807, 2.05) is 60.7 Å². The summed E-state index contributed by atoms with van der Waals surface area (Å²) in [6, 6.07) is 33.4. The van der Waals surface area contributed by atoms with Crippen LogP contribution in [0, 0.1) is 29.1 Å². The molecule has 4 nitrogen and oxygen atoms in total. The average Bonchev–Trinajstić information content (AvgIpc) is 3.00. The Hall–Kier alpha value is -4.36. The van der Waals surface area contributed by atoms with E-state index in [0.29, 0.717) is 28.5 Å². The molecule has 0 unspecified atom stereocenters. The van der Waals surface area contributed by atoms with Crippen molar-refractivity contribution in [3.8, 4) is 40.2 Å². The predicted octanol–water partition coefficient (Wildman–Crippen LogP) is 8.37. The minimum atomic E-state index is 0.375. The fourth-order valence-electron chi connectivity index (χ4n) is 8.31. The fraction of sp³-hybridized carbons (Fsp3) is 0.278. The smallest absolute Gasteiger partial charge is 0.164 e. The van der Waals surface area contributed by atoms with E-state index in [2.05, 4.69) is 36.4 Å².